The fraction of sp³-hybridized carbons (Fsp3) is 0.788. The van der Waals surface area contributed by atoms with E-state index in [1.54, 1.807) is 12.2 Å². The van der Waals surface area contributed by atoms with Gasteiger partial charge in [0.05, 0.1) is 5.57 Å². The van der Waals surface area contributed by atoms with E-state index in [0.29, 0.717) is 0 Å². The standard InChI is InChI=1S/C69H114N2.2C22H43.Ni/c1-7-12-17-21-25-27-29-31-33-35-37-39-43-47-51-64-55-65(52-48-44-40-38-36-34-32-30-28-26-22-18-13-8-2)59-68(58-64)69(61(6)66(60-71-70)53-16-11-5)67-56-62(49-45-41-23-19-14-9-3)54-63(57-67)50-46-42-24-20-15-10-4;2*1-3-5-7-9-11-13-15-17-19-21-22-20-18-16-14-12-10-8-6-4-2;/h47-48,51-52,54-59H,7-46,49-50,53H2,1-6H3;2*1,3H,4-22H2,2H3;/q;2*-1;+2. The van der Waals surface area contributed by atoms with Crippen LogP contribution in [0.5, 0.6) is 0 Å². The Hall–Kier alpha value is -3.21. The van der Waals surface area contributed by atoms with Crippen LogP contribution in [0.25, 0.3) is 23.3 Å². The topological polar surface area (TPSA) is 36.4 Å². The van der Waals surface area contributed by atoms with Gasteiger partial charge in [-0.3, -0.25) is 12.2 Å². The monoisotopic (exact) mass is 1640 g/mol. The van der Waals surface area contributed by atoms with E-state index in [-0.39, 0.29) is 16.5 Å². The summed E-state index contributed by atoms with van der Waals surface area (Å²) in [5.74, 6) is 3.09. The van der Waals surface area contributed by atoms with Gasteiger partial charge in [-0.25, -0.2) is 0 Å². The maximum absolute atomic E-state index is 10.00. The van der Waals surface area contributed by atoms with Gasteiger partial charge >= 0.3 is 22.4 Å². The third-order valence-electron chi connectivity index (χ3n) is 24.6. The molecule has 3 heteroatoms. The van der Waals surface area contributed by atoms with E-state index in [1.807, 2.05) is 0 Å². The third kappa shape index (κ3) is 79.3. The maximum atomic E-state index is 10.00. The summed E-state index contributed by atoms with van der Waals surface area (Å²) in [4.78, 5) is 3.55. The molecule has 116 heavy (non-hydrogen) atoms. The molecule has 0 saturated heterocycles. The summed E-state index contributed by atoms with van der Waals surface area (Å²) in [5.41, 5.74) is 21.5. The molecule has 0 aromatic heterocycles. The number of nitrogens with zero attached hydrogens (tertiary/aromatic N) is 2. The Balaban J connectivity index is 0. The molecule has 0 spiro atoms. The SMILES string of the molecule is CCCCCCCCCCCCCCC=Cc1cc(C=CCCCCCCCCCCCCCC)cc(C(=C(C)C(=C=[N+]=[N-])CCCC)c2cc(CCCCCCCC)cc(CCCCCCCC)c2)c1.[CH-]=CCCCCCCCCCCCCCCCCCCCC.[CH-]=CCCCCCCCCCCCCCCCCCCCC.[Ni+2]. The summed E-state index contributed by atoms with van der Waals surface area (Å²) >= 11 is 0. The zero-order valence-electron chi connectivity index (χ0n) is 79.6. The molecule has 0 fully saturated rings. The van der Waals surface area contributed by atoms with Crippen LogP contribution in [0.1, 0.15) is 596 Å². The molecule has 0 unspecified atom stereocenters. The number of hydrogen-bond donors (Lipinski definition) is 0. The summed E-state index contributed by atoms with van der Waals surface area (Å²) < 4.78 is 0. The Bertz CT molecular complexity index is 2390. The van der Waals surface area contributed by atoms with Crippen LogP contribution >= 0.6 is 0 Å². The van der Waals surface area contributed by atoms with Crippen molar-refractivity contribution in [3.8, 4) is 0 Å². The van der Waals surface area contributed by atoms with Gasteiger partial charge < -0.3 is 18.7 Å². The fourth-order valence-corrected chi connectivity index (χ4v) is 16.9. The van der Waals surface area contributed by atoms with Crippen LogP contribution in [-0.4, -0.2) is 10.7 Å². The average molecular weight is 1650 g/mol. The fourth-order valence-electron chi connectivity index (χ4n) is 16.9. The largest absolute Gasteiger partial charge is 2.00 e. The number of hydrogen-bond acceptors (Lipinski definition) is 0. The molecule has 2 rings (SSSR count). The van der Waals surface area contributed by atoms with Gasteiger partial charge in [-0.15, -0.1) is 4.79 Å². The van der Waals surface area contributed by atoms with Gasteiger partial charge in [0.25, 0.3) is 0 Å². The van der Waals surface area contributed by atoms with Crippen molar-refractivity contribution in [2.75, 3.05) is 0 Å². The molecule has 0 saturated carbocycles. The first-order valence-corrected chi connectivity index (χ1v) is 52.2. The summed E-state index contributed by atoms with van der Waals surface area (Å²) in [6.45, 7) is 29.1. The second-order valence-corrected chi connectivity index (χ2v) is 36.0. The van der Waals surface area contributed by atoms with Crippen molar-refractivity contribution < 1.29 is 21.3 Å². The molecule has 0 bridgehead atoms. The van der Waals surface area contributed by atoms with Gasteiger partial charge in [0.15, 0.2) is 0 Å². The predicted octanol–water partition coefficient (Wildman–Crippen LogP) is 40.4. The molecule has 0 N–H and O–H groups in total. The maximum Gasteiger partial charge on any atom is 2.00 e. The molecule has 0 aliphatic rings. The van der Waals surface area contributed by atoms with Gasteiger partial charge in [-0.1, -0.05) is 547 Å². The van der Waals surface area contributed by atoms with Crippen molar-refractivity contribution in [2.45, 2.75) is 575 Å². The number of rotatable bonds is 86. The second-order valence-electron chi connectivity index (χ2n) is 36.0. The molecule has 2 aromatic rings. The van der Waals surface area contributed by atoms with Crippen molar-refractivity contribution in [2.24, 2.45) is 0 Å². The number of aryl methyl sites for hydroxylation is 2. The van der Waals surface area contributed by atoms with Crippen molar-refractivity contribution >= 4 is 23.6 Å². The first kappa shape index (κ1) is 115. The van der Waals surface area contributed by atoms with E-state index in [2.05, 4.69) is 127 Å². The van der Waals surface area contributed by atoms with Crippen LogP contribution < -0.4 is 0 Å². The van der Waals surface area contributed by atoms with Crippen LogP contribution in [-0.2, 0) is 29.3 Å². The van der Waals surface area contributed by atoms with Gasteiger partial charge in [-0.05, 0) is 134 Å². The van der Waals surface area contributed by atoms with E-state index in [9.17, 15) is 5.53 Å². The molecule has 0 atom stereocenters. The molecule has 2 nitrogen and oxygen atoms in total. The quantitative estimate of drug-likeness (QED) is 0.0120. The van der Waals surface area contributed by atoms with Crippen LogP contribution in [0.15, 0.2) is 71.8 Å². The summed E-state index contributed by atoms with van der Waals surface area (Å²) in [7, 11) is 0. The Labute approximate surface area is 739 Å². The van der Waals surface area contributed by atoms with Crippen molar-refractivity contribution in [3.63, 3.8) is 0 Å². The van der Waals surface area contributed by atoms with Crippen molar-refractivity contribution in [1.29, 1.82) is 0 Å². The van der Waals surface area contributed by atoms with Crippen LogP contribution in [0.3, 0.4) is 0 Å². The minimum atomic E-state index is 0. The van der Waals surface area contributed by atoms with Gasteiger partial charge in [0.1, 0.15) is 0 Å². The molecule has 0 heterocycles. The Morgan fingerprint density at radius 2 is 0.491 bits per heavy atom. The minimum absolute atomic E-state index is 0. The molecular weight excluding hydrogens is 1440 g/mol. The summed E-state index contributed by atoms with van der Waals surface area (Å²) in [6, 6.07) is 14.9. The number of unbranched alkanes of at least 4 members (excludes halogenated alkanes) is 71. The van der Waals surface area contributed by atoms with Gasteiger partial charge in [-0.2, -0.15) is 0 Å². The Morgan fingerprint density at radius 3 is 0.724 bits per heavy atom. The average Bonchev–Trinajstić information content (AvgIpc) is 0.791. The van der Waals surface area contributed by atoms with Crippen LogP contribution in [0, 0.1) is 13.2 Å². The van der Waals surface area contributed by atoms with E-state index < -0.39 is 0 Å². The first-order valence-electron chi connectivity index (χ1n) is 52.2. The zero-order chi connectivity index (χ0) is 83.4. The number of allylic oxidation sites excluding steroid dienone is 6. The Kier molecular flexibility index (Phi) is 96.3. The summed E-state index contributed by atoms with van der Waals surface area (Å²) in [5, 5.41) is 0. The van der Waals surface area contributed by atoms with Crippen LogP contribution in [0.4, 0.5) is 0 Å². The molecule has 0 aliphatic heterocycles. The smallest absolute Gasteiger partial charge is 0.518 e. The van der Waals surface area contributed by atoms with E-state index in [0.717, 1.165) is 63.4 Å². The zero-order valence-corrected chi connectivity index (χ0v) is 80.6. The normalized spacial score (nSPS) is 11.5. The molecule has 0 amide bonds. The van der Waals surface area contributed by atoms with Gasteiger partial charge in [0, 0.05) is 0 Å². The molecular formula is C113H200N2Ni. The first-order chi connectivity index (χ1) is 56.8. The van der Waals surface area contributed by atoms with E-state index in [1.165, 1.54) is 507 Å². The van der Waals surface area contributed by atoms with E-state index in [4.69, 9.17) is 13.2 Å². The number of benzene rings is 2. The Morgan fingerprint density at radius 1 is 0.276 bits per heavy atom. The molecule has 0 aliphatic carbocycles. The van der Waals surface area contributed by atoms with Crippen LogP contribution in [0.2, 0.25) is 0 Å². The predicted molar refractivity (Wildman–Crippen MR) is 524 cm³/mol. The molecule has 2 aromatic carbocycles. The minimum Gasteiger partial charge on any atom is -0.518 e. The molecule has 672 valence electrons. The second kappa shape index (κ2) is 97.2. The van der Waals surface area contributed by atoms with Gasteiger partial charge in [0.2, 0.25) is 0 Å². The third-order valence-corrected chi connectivity index (χ3v) is 24.6. The van der Waals surface area contributed by atoms with E-state index >= 15 is 0 Å². The molecule has 0 radical (unpaired) electrons. The summed E-state index contributed by atoms with van der Waals surface area (Å²) in [6.07, 6.45) is 124. The van der Waals surface area contributed by atoms with Crippen molar-refractivity contribution in [1.82, 2.24) is 0 Å². The van der Waals surface area contributed by atoms with Crippen molar-refractivity contribution in [3.05, 3.63) is 124 Å².